The summed E-state index contributed by atoms with van der Waals surface area (Å²) in [5, 5.41) is 0. The summed E-state index contributed by atoms with van der Waals surface area (Å²) in [6.45, 7) is 11.3. The largest absolute Gasteiger partial charge is 0.298 e. The highest BCUT2D eigenvalue weighted by molar-refractivity contribution is 6.27. The van der Waals surface area contributed by atoms with E-state index in [0.717, 1.165) is 53.1 Å². The minimum Gasteiger partial charge on any atom is -0.298 e. The van der Waals surface area contributed by atoms with Gasteiger partial charge in [-0.1, -0.05) is 18.5 Å². The number of pyridine rings is 1. The van der Waals surface area contributed by atoms with E-state index in [1.54, 1.807) is 6.08 Å². The van der Waals surface area contributed by atoms with Gasteiger partial charge in [0.05, 0.1) is 22.6 Å². The van der Waals surface area contributed by atoms with E-state index in [2.05, 4.69) is 39.2 Å². The Morgan fingerprint density at radius 1 is 1.37 bits per heavy atom. The van der Waals surface area contributed by atoms with Crippen molar-refractivity contribution in [2.24, 2.45) is 10.9 Å². The second-order valence-electron chi connectivity index (χ2n) is 8.08. The van der Waals surface area contributed by atoms with Crippen molar-refractivity contribution >= 4 is 40.5 Å². The smallest absolute Gasteiger partial charge is 0.220 e. The molecule has 1 saturated carbocycles. The van der Waals surface area contributed by atoms with Crippen molar-refractivity contribution in [2.45, 2.75) is 47.1 Å². The summed E-state index contributed by atoms with van der Waals surface area (Å²) in [7, 11) is 0. The van der Waals surface area contributed by atoms with E-state index in [9.17, 15) is 0 Å². The number of aromatic nitrogens is 4. The zero-order chi connectivity index (χ0) is 21.3. The standard InChI is InChI=1S/C23H29ClN6/c1-5-28(14-19-8-9-19)15-21-18(4)27-23-29(13-17(3)26-16(2)10-11-24)22-20(30(21)23)7-6-12-25-22/h6-7,10-13,19H,5,8-9,14-15H2,1-4H3/b11-10+,17-13+,26-16+. The van der Waals surface area contributed by atoms with Crippen LogP contribution in [0.25, 0.3) is 23.1 Å². The van der Waals surface area contributed by atoms with E-state index in [1.165, 1.54) is 30.6 Å². The highest BCUT2D eigenvalue weighted by Crippen LogP contribution is 2.31. The molecule has 1 fully saturated rings. The van der Waals surface area contributed by atoms with E-state index in [1.807, 2.05) is 36.9 Å². The van der Waals surface area contributed by atoms with Crippen LogP contribution in [0.1, 0.15) is 45.0 Å². The zero-order valence-electron chi connectivity index (χ0n) is 18.1. The molecule has 0 aliphatic heterocycles. The number of hydrogen-bond donors (Lipinski definition) is 0. The molecule has 7 heteroatoms. The molecule has 3 aromatic rings. The average molecular weight is 425 g/mol. The lowest BCUT2D eigenvalue weighted by Gasteiger charge is -2.20. The molecule has 0 N–H and O–H groups in total. The van der Waals surface area contributed by atoms with Crippen LogP contribution in [0.5, 0.6) is 0 Å². The Balaban J connectivity index is 1.82. The molecule has 4 rings (SSSR count). The third kappa shape index (κ3) is 4.20. The molecule has 0 spiro atoms. The van der Waals surface area contributed by atoms with Crippen LogP contribution in [0, 0.1) is 12.8 Å². The minimum atomic E-state index is 0.845. The maximum atomic E-state index is 5.67. The Labute approximate surface area is 182 Å². The Kier molecular flexibility index (Phi) is 6.06. The van der Waals surface area contributed by atoms with Crippen molar-refractivity contribution in [3.63, 3.8) is 0 Å². The number of aryl methyl sites for hydroxylation is 1. The summed E-state index contributed by atoms with van der Waals surface area (Å²) in [5.41, 5.74) is 7.43. The van der Waals surface area contributed by atoms with Crippen LogP contribution in [0.4, 0.5) is 0 Å². The molecule has 0 aromatic carbocycles. The predicted molar refractivity (Wildman–Crippen MR) is 125 cm³/mol. The lowest BCUT2D eigenvalue weighted by molar-refractivity contribution is 0.264. The second kappa shape index (κ2) is 8.74. The van der Waals surface area contributed by atoms with E-state index in [4.69, 9.17) is 16.6 Å². The number of allylic oxidation sites excluding steroid dienone is 2. The van der Waals surface area contributed by atoms with Gasteiger partial charge in [0, 0.05) is 36.7 Å². The van der Waals surface area contributed by atoms with Gasteiger partial charge in [-0.25, -0.2) is 9.97 Å². The molecule has 158 valence electrons. The van der Waals surface area contributed by atoms with Crippen LogP contribution >= 0.6 is 11.6 Å². The Bertz CT molecular complexity index is 1150. The van der Waals surface area contributed by atoms with Gasteiger partial charge in [0.2, 0.25) is 5.78 Å². The van der Waals surface area contributed by atoms with Crippen molar-refractivity contribution in [3.05, 3.63) is 47.0 Å². The van der Waals surface area contributed by atoms with Crippen LogP contribution < -0.4 is 0 Å². The molecule has 0 atom stereocenters. The van der Waals surface area contributed by atoms with Gasteiger partial charge in [-0.15, -0.1) is 0 Å². The fourth-order valence-electron chi connectivity index (χ4n) is 3.91. The molecule has 0 saturated heterocycles. The topological polar surface area (TPSA) is 50.7 Å². The van der Waals surface area contributed by atoms with Crippen LogP contribution in [0.15, 0.2) is 40.6 Å². The number of aliphatic imine (C=N–C) groups is 1. The van der Waals surface area contributed by atoms with Gasteiger partial charge in [-0.2, -0.15) is 0 Å². The minimum absolute atomic E-state index is 0.845. The molecule has 0 amide bonds. The van der Waals surface area contributed by atoms with E-state index in [-0.39, 0.29) is 0 Å². The Hall–Kier alpha value is -2.44. The van der Waals surface area contributed by atoms with Crippen molar-refractivity contribution in [1.82, 2.24) is 23.8 Å². The fraction of sp³-hybridized carbons (Fsp3) is 0.435. The lowest BCUT2D eigenvalue weighted by Crippen LogP contribution is -2.26. The highest BCUT2D eigenvalue weighted by Gasteiger charge is 2.25. The van der Waals surface area contributed by atoms with Crippen LogP contribution in [0.2, 0.25) is 0 Å². The number of imidazole rings is 2. The number of halogens is 1. The molecular weight excluding hydrogens is 396 g/mol. The summed E-state index contributed by atoms with van der Waals surface area (Å²) in [4.78, 5) is 16.7. The molecule has 1 aliphatic carbocycles. The summed E-state index contributed by atoms with van der Waals surface area (Å²) < 4.78 is 4.30. The van der Waals surface area contributed by atoms with Crippen LogP contribution in [0.3, 0.4) is 0 Å². The normalized spacial score (nSPS) is 16.1. The average Bonchev–Trinajstić information content (AvgIpc) is 3.42. The van der Waals surface area contributed by atoms with Gasteiger partial charge in [0.1, 0.15) is 0 Å². The summed E-state index contributed by atoms with van der Waals surface area (Å²) >= 11 is 5.67. The number of rotatable bonds is 8. The molecule has 0 unspecified atom stereocenters. The lowest BCUT2D eigenvalue weighted by atomic mass is 10.3. The predicted octanol–water partition coefficient (Wildman–Crippen LogP) is 5.26. The fourth-order valence-corrected chi connectivity index (χ4v) is 4.10. The first-order chi connectivity index (χ1) is 14.5. The molecule has 6 nitrogen and oxygen atoms in total. The van der Waals surface area contributed by atoms with Crippen LogP contribution in [-0.2, 0) is 6.54 Å². The van der Waals surface area contributed by atoms with E-state index >= 15 is 0 Å². The van der Waals surface area contributed by atoms with E-state index in [0.29, 0.717) is 0 Å². The third-order valence-electron chi connectivity index (χ3n) is 5.61. The SMILES string of the molecule is CCN(Cc1c(C)nc2n(/C=C(C)/N=C(C)/C=C/Cl)c3ncccc3n12)CC1CC1. The van der Waals surface area contributed by atoms with Gasteiger partial charge in [0.15, 0.2) is 5.65 Å². The Morgan fingerprint density at radius 2 is 2.17 bits per heavy atom. The molecular formula is C23H29ClN6. The molecule has 3 aromatic heterocycles. The Morgan fingerprint density at radius 3 is 2.87 bits per heavy atom. The van der Waals surface area contributed by atoms with Gasteiger partial charge in [-0.3, -0.25) is 18.9 Å². The van der Waals surface area contributed by atoms with Gasteiger partial charge in [0.25, 0.3) is 0 Å². The zero-order valence-corrected chi connectivity index (χ0v) is 18.9. The molecule has 0 bridgehead atoms. The molecule has 3 heterocycles. The third-order valence-corrected chi connectivity index (χ3v) is 5.74. The number of hydrogen-bond acceptors (Lipinski definition) is 4. The molecule has 30 heavy (non-hydrogen) atoms. The monoisotopic (exact) mass is 424 g/mol. The molecule has 0 radical (unpaired) electrons. The van der Waals surface area contributed by atoms with Crippen LogP contribution in [-0.4, -0.2) is 42.6 Å². The van der Waals surface area contributed by atoms with Gasteiger partial charge < -0.3 is 0 Å². The maximum absolute atomic E-state index is 5.67. The van der Waals surface area contributed by atoms with Gasteiger partial charge in [-0.05, 0) is 64.3 Å². The van der Waals surface area contributed by atoms with Gasteiger partial charge >= 0.3 is 0 Å². The number of fused-ring (bicyclic) bond motifs is 3. The first-order valence-electron chi connectivity index (χ1n) is 10.6. The maximum Gasteiger partial charge on any atom is 0.220 e. The second-order valence-corrected chi connectivity index (χ2v) is 8.33. The van der Waals surface area contributed by atoms with Crippen molar-refractivity contribution in [3.8, 4) is 0 Å². The van der Waals surface area contributed by atoms with Crippen molar-refractivity contribution < 1.29 is 0 Å². The highest BCUT2D eigenvalue weighted by atomic mass is 35.5. The summed E-state index contributed by atoms with van der Waals surface area (Å²) in [6, 6.07) is 4.10. The summed E-state index contributed by atoms with van der Waals surface area (Å²) in [5.74, 6) is 1.74. The first-order valence-corrected chi connectivity index (χ1v) is 11.0. The molecule has 1 aliphatic rings. The van der Waals surface area contributed by atoms with Crippen molar-refractivity contribution in [2.75, 3.05) is 13.1 Å². The summed E-state index contributed by atoms with van der Waals surface area (Å²) in [6.07, 6.45) is 8.32. The van der Waals surface area contributed by atoms with Crippen molar-refractivity contribution in [1.29, 1.82) is 0 Å². The number of nitrogens with zero attached hydrogens (tertiary/aromatic N) is 6. The van der Waals surface area contributed by atoms with E-state index < -0.39 is 0 Å². The quantitative estimate of drug-likeness (QED) is 0.463. The first kappa shape index (κ1) is 20.8.